The van der Waals surface area contributed by atoms with Crippen LogP contribution in [0.2, 0.25) is 0 Å². The van der Waals surface area contributed by atoms with E-state index in [-0.39, 0.29) is 23.6 Å². The predicted octanol–water partition coefficient (Wildman–Crippen LogP) is 0.711. The van der Waals surface area contributed by atoms with Gasteiger partial charge in [0.15, 0.2) is 0 Å². The smallest absolute Gasteiger partial charge is 0.257 e. The van der Waals surface area contributed by atoms with Gasteiger partial charge in [0.1, 0.15) is 12.4 Å². The van der Waals surface area contributed by atoms with E-state index in [1.807, 2.05) is 6.92 Å². The Morgan fingerprint density at radius 2 is 2.29 bits per heavy atom. The second kappa shape index (κ2) is 4.76. The minimum Gasteiger partial charge on any atom is -0.493 e. The number of rotatable bonds is 4. The molecule has 0 aliphatic carbocycles. The maximum absolute atomic E-state index is 11.2. The molecule has 0 bridgehead atoms. The van der Waals surface area contributed by atoms with E-state index >= 15 is 0 Å². The predicted molar refractivity (Wildman–Crippen MR) is 51.2 cm³/mol. The summed E-state index contributed by atoms with van der Waals surface area (Å²) in [6.07, 6.45) is 0.905. The van der Waals surface area contributed by atoms with Gasteiger partial charge < -0.3 is 14.8 Å². The van der Waals surface area contributed by atoms with Crippen molar-refractivity contribution in [3.63, 3.8) is 0 Å². The van der Waals surface area contributed by atoms with Gasteiger partial charge >= 0.3 is 0 Å². The number of hydrogen-bond acceptors (Lipinski definition) is 4. The van der Waals surface area contributed by atoms with E-state index < -0.39 is 0 Å². The Morgan fingerprint density at radius 1 is 1.57 bits per heavy atom. The largest absolute Gasteiger partial charge is 0.493 e. The molecule has 0 radical (unpaired) electrons. The molecule has 1 aromatic heterocycles. The zero-order valence-electron chi connectivity index (χ0n) is 8.33. The summed E-state index contributed by atoms with van der Waals surface area (Å²) < 4.78 is 5.17. The molecule has 0 aliphatic heterocycles. The maximum Gasteiger partial charge on any atom is 0.257 e. The second-order valence-corrected chi connectivity index (χ2v) is 3.01. The highest BCUT2D eigenvalue weighted by Crippen LogP contribution is 2.06. The summed E-state index contributed by atoms with van der Waals surface area (Å²) in [5.74, 6) is 0.121. The second-order valence-electron chi connectivity index (χ2n) is 3.01. The van der Waals surface area contributed by atoms with Crippen LogP contribution in [0.25, 0.3) is 0 Å². The van der Waals surface area contributed by atoms with E-state index in [1.165, 1.54) is 6.92 Å². The fraction of sp³-hybridized carbons (Fsp3) is 0.556. The zero-order valence-corrected chi connectivity index (χ0v) is 8.33. The third kappa shape index (κ3) is 2.56. The molecule has 1 heterocycles. The van der Waals surface area contributed by atoms with Gasteiger partial charge in [-0.2, -0.15) is 4.98 Å². The summed E-state index contributed by atoms with van der Waals surface area (Å²) in [5.41, 5.74) is -0.100. The lowest BCUT2D eigenvalue weighted by Crippen LogP contribution is -2.15. The monoisotopic (exact) mass is 198 g/mol. The third-order valence-corrected chi connectivity index (χ3v) is 1.76. The number of hydrogen-bond donors (Lipinski definition) is 2. The molecule has 0 saturated heterocycles. The van der Waals surface area contributed by atoms with E-state index in [0.29, 0.717) is 12.4 Å². The first kappa shape index (κ1) is 10.7. The zero-order chi connectivity index (χ0) is 10.6. The maximum atomic E-state index is 11.2. The molecule has 78 valence electrons. The van der Waals surface area contributed by atoms with Crippen molar-refractivity contribution in [3.8, 4) is 5.88 Å². The van der Waals surface area contributed by atoms with Crippen LogP contribution >= 0.6 is 0 Å². The van der Waals surface area contributed by atoms with Crippen LogP contribution in [-0.4, -0.2) is 21.7 Å². The standard InChI is InChI=1S/C9H14N2O3/c1-3-4-14-5-7-10-8(12)6(2)9(13)11-7/h3-5H2,1-2H3,(H2,10,11,12,13). The minimum atomic E-state index is -0.326. The Labute approximate surface area is 81.8 Å². The lowest BCUT2D eigenvalue weighted by Gasteiger charge is -2.03. The van der Waals surface area contributed by atoms with Crippen molar-refractivity contribution in [2.75, 3.05) is 6.61 Å². The number of ether oxygens (including phenoxy) is 1. The van der Waals surface area contributed by atoms with E-state index in [0.717, 1.165) is 6.42 Å². The molecule has 2 N–H and O–H groups in total. The minimum absolute atomic E-state index is 0.219. The van der Waals surface area contributed by atoms with Crippen molar-refractivity contribution in [2.45, 2.75) is 26.9 Å². The fourth-order valence-electron chi connectivity index (χ4n) is 0.948. The summed E-state index contributed by atoms with van der Waals surface area (Å²) in [6, 6.07) is 0. The molecule has 14 heavy (non-hydrogen) atoms. The van der Waals surface area contributed by atoms with Gasteiger partial charge in [0.2, 0.25) is 5.88 Å². The Morgan fingerprint density at radius 3 is 2.86 bits per heavy atom. The fourth-order valence-corrected chi connectivity index (χ4v) is 0.948. The molecule has 0 aliphatic rings. The van der Waals surface area contributed by atoms with Crippen LogP contribution in [-0.2, 0) is 11.3 Å². The van der Waals surface area contributed by atoms with Gasteiger partial charge in [0.05, 0.1) is 5.56 Å². The van der Waals surface area contributed by atoms with Crippen LogP contribution < -0.4 is 5.56 Å². The molecule has 0 spiro atoms. The first-order valence-corrected chi connectivity index (χ1v) is 4.51. The molecule has 1 rings (SSSR count). The van der Waals surface area contributed by atoms with Gasteiger partial charge in [-0.05, 0) is 13.3 Å². The molecular formula is C9H14N2O3. The van der Waals surface area contributed by atoms with Gasteiger partial charge in [-0.15, -0.1) is 0 Å². The van der Waals surface area contributed by atoms with Crippen molar-refractivity contribution in [1.82, 2.24) is 9.97 Å². The van der Waals surface area contributed by atoms with Crippen molar-refractivity contribution in [2.24, 2.45) is 0 Å². The summed E-state index contributed by atoms with van der Waals surface area (Å²) in [4.78, 5) is 17.5. The summed E-state index contributed by atoms with van der Waals surface area (Å²) in [6.45, 7) is 4.33. The van der Waals surface area contributed by atoms with E-state index in [1.54, 1.807) is 0 Å². The van der Waals surface area contributed by atoms with Crippen LogP contribution in [0, 0.1) is 6.92 Å². The highest BCUT2D eigenvalue weighted by atomic mass is 16.5. The first-order chi connectivity index (χ1) is 6.65. The van der Waals surface area contributed by atoms with Crippen molar-refractivity contribution in [3.05, 3.63) is 21.7 Å². The lowest BCUT2D eigenvalue weighted by molar-refractivity contribution is 0.115. The average molecular weight is 198 g/mol. The number of aromatic nitrogens is 2. The van der Waals surface area contributed by atoms with Crippen molar-refractivity contribution < 1.29 is 9.84 Å². The quantitative estimate of drug-likeness (QED) is 0.699. The number of nitrogens with one attached hydrogen (secondary N) is 1. The van der Waals surface area contributed by atoms with Gasteiger partial charge in [0.25, 0.3) is 5.56 Å². The Kier molecular flexibility index (Phi) is 3.64. The number of nitrogens with zero attached hydrogens (tertiary/aromatic N) is 1. The third-order valence-electron chi connectivity index (χ3n) is 1.76. The molecular weight excluding hydrogens is 184 g/mol. The highest BCUT2D eigenvalue weighted by Gasteiger charge is 2.05. The molecule has 0 unspecified atom stereocenters. The highest BCUT2D eigenvalue weighted by molar-refractivity contribution is 5.19. The van der Waals surface area contributed by atoms with E-state index in [2.05, 4.69) is 9.97 Å². The van der Waals surface area contributed by atoms with Gasteiger partial charge in [-0.3, -0.25) is 4.79 Å². The molecule has 5 heteroatoms. The molecule has 0 amide bonds. The summed E-state index contributed by atoms with van der Waals surface area (Å²) in [7, 11) is 0. The SMILES string of the molecule is CCCOCc1nc(O)c(C)c(=O)[nH]1. The molecule has 5 nitrogen and oxygen atoms in total. The van der Waals surface area contributed by atoms with Crippen molar-refractivity contribution >= 4 is 0 Å². The van der Waals surface area contributed by atoms with Gasteiger partial charge in [-0.1, -0.05) is 6.92 Å². The first-order valence-electron chi connectivity index (χ1n) is 4.51. The lowest BCUT2D eigenvalue weighted by atomic mass is 10.3. The Bertz CT molecular complexity index is 360. The number of aromatic amines is 1. The molecule has 0 aromatic carbocycles. The Hall–Kier alpha value is -1.36. The van der Waals surface area contributed by atoms with Crippen LogP contribution in [0.3, 0.4) is 0 Å². The van der Waals surface area contributed by atoms with E-state index in [4.69, 9.17) is 4.74 Å². The van der Waals surface area contributed by atoms with Gasteiger partial charge in [0, 0.05) is 6.61 Å². The summed E-state index contributed by atoms with van der Waals surface area (Å²) >= 11 is 0. The Balaban J connectivity index is 2.75. The molecule has 0 fully saturated rings. The average Bonchev–Trinajstić information content (AvgIpc) is 2.14. The molecule has 1 aromatic rings. The van der Waals surface area contributed by atoms with Crippen LogP contribution in [0.15, 0.2) is 4.79 Å². The topological polar surface area (TPSA) is 75.2 Å². The van der Waals surface area contributed by atoms with Crippen LogP contribution in [0.1, 0.15) is 24.7 Å². The molecule has 0 saturated carbocycles. The van der Waals surface area contributed by atoms with Crippen LogP contribution in [0.4, 0.5) is 0 Å². The number of H-pyrrole nitrogens is 1. The normalized spacial score (nSPS) is 10.4. The summed E-state index contributed by atoms with van der Waals surface area (Å²) in [5, 5.41) is 9.25. The molecule has 0 atom stereocenters. The van der Waals surface area contributed by atoms with Crippen molar-refractivity contribution in [1.29, 1.82) is 0 Å². The van der Waals surface area contributed by atoms with Gasteiger partial charge in [-0.25, -0.2) is 0 Å². The number of aromatic hydroxyl groups is 1. The van der Waals surface area contributed by atoms with Crippen LogP contribution in [0.5, 0.6) is 5.88 Å². The van der Waals surface area contributed by atoms with E-state index in [9.17, 15) is 9.90 Å².